The minimum Gasteiger partial charge on any atom is -0.480 e. The Morgan fingerprint density at radius 1 is 1.40 bits per heavy atom. The van der Waals surface area contributed by atoms with Gasteiger partial charge in [0.25, 0.3) is 0 Å². The Labute approximate surface area is 123 Å². The molecule has 6 nitrogen and oxygen atoms in total. The topological polar surface area (TPSA) is 87.1 Å². The molecule has 0 spiro atoms. The average molecular weight is 298 g/mol. The summed E-state index contributed by atoms with van der Waals surface area (Å²) >= 11 is 1.64. The highest BCUT2D eigenvalue weighted by Crippen LogP contribution is 2.05. The molecule has 0 fully saturated rings. The van der Waals surface area contributed by atoms with Gasteiger partial charge in [-0.3, -0.25) is 4.79 Å². The molecule has 0 saturated heterocycles. The quantitative estimate of drug-likeness (QED) is 0.638. The number of hydrogen-bond acceptors (Lipinski definition) is 6. The smallest absolute Gasteiger partial charge is 0.320 e. The maximum absolute atomic E-state index is 11.1. The zero-order valence-corrected chi connectivity index (χ0v) is 12.9. The lowest BCUT2D eigenvalue weighted by molar-refractivity contribution is -0.139. The number of thioether (sulfide) groups is 1. The van der Waals surface area contributed by atoms with Crippen LogP contribution >= 0.6 is 11.8 Å². The van der Waals surface area contributed by atoms with Gasteiger partial charge in [-0.25, -0.2) is 9.97 Å². The molecule has 0 aliphatic rings. The van der Waals surface area contributed by atoms with E-state index in [9.17, 15) is 4.79 Å². The van der Waals surface area contributed by atoms with Gasteiger partial charge in [-0.1, -0.05) is 0 Å². The first-order chi connectivity index (χ1) is 9.52. The molecule has 0 aromatic carbocycles. The molecule has 0 radical (unpaired) electrons. The van der Waals surface area contributed by atoms with Crippen LogP contribution in [0.3, 0.4) is 0 Å². The van der Waals surface area contributed by atoms with Crippen molar-refractivity contribution in [3.63, 3.8) is 0 Å². The fraction of sp³-hybridized carbons (Fsp3) is 0.615. The van der Waals surface area contributed by atoms with Gasteiger partial charge in [0.1, 0.15) is 6.04 Å². The van der Waals surface area contributed by atoms with Crippen molar-refractivity contribution in [1.82, 2.24) is 15.3 Å². The Hall–Kier alpha value is -1.34. The molecule has 112 valence electrons. The van der Waals surface area contributed by atoms with E-state index >= 15 is 0 Å². The summed E-state index contributed by atoms with van der Waals surface area (Å²) in [7, 11) is 0. The molecular formula is C13H22N4O2S. The lowest BCUT2D eigenvalue weighted by Crippen LogP contribution is -2.36. The predicted octanol–water partition coefficient (Wildman–Crippen LogP) is 1.59. The van der Waals surface area contributed by atoms with Crippen LogP contribution in [0, 0.1) is 0 Å². The average Bonchev–Trinajstić information content (AvgIpc) is 2.39. The first-order valence-corrected chi connectivity index (χ1v) is 7.95. The number of carboxylic acids is 1. The number of carboxylic acid groups (broad SMARTS) is 1. The molecule has 0 aliphatic carbocycles. The lowest BCUT2D eigenvalue weighted by atomic mass is 10.2. The van der Waals surface area contributed by atoms with E-state index < -0.39 is 12.0 Å². The molecule has 1 heterocycles. The number of anilines is 1. The third-order valence-electron chi connectivity index (χ3n) is 2.58. The second kappa shape index (κ2) is 8.76. The van der Waals surface area contributed by atoms with Crippen molar-refractivity contribution < 1.29 is 9.90 Å². The van der Waals surface area contributed by atoms with Crippen LogP contribution in [0.2, 0.25) is 0 Å². The van der Waals surface area contributed by atoms with Gasteiger partial charge >= 0.3 is 5.97 Å². The molecule has 1 aromatic heterocycles. The van der Waals surface area contributed by atoms with Crippen molar-refractivity contribution in [1.29, 1.82) is 0 Å². The minimum absolute atomic E-state index is 0.280. The van der Waals surface area contributed by atoms with E-state index in [1.54, 1.807) is 24.2 Å². The van der Waals surface area contributed by atoms with E-state index in [0.29, 0.717) is 18.9 Å². The van der Waals surface area contributed by atoms with Gasteiger partial charge in [-0.05, 0) is 32.3 Å². The van der Waals surface area contributed by atoms with Crippen LogP contribution in [0.5, 0.6) is 0 Å². The fourth-order valence-electron chi connectivity index (χ4n) is 1.57. The van der Waals surface area contributed by atoms with Crippen molar-refractivity contribution in [3.8, 4) is 0 Å². The van der Waals surface area contributed by atoms with Gasteiger partial charge in [0, 0.05) is 30.5 Å². The number of hydrogen-bond donors (Lipinski definition) is 3. The number of nitrogens with one attached hydrogen (secondary N) is 2. The largest absolute Gasteiger partial charge is 0.480 e. The second-order valence-corrected chi connectivity index (χ2v) is 5.75. The van der Waals surface area contributed by atoms with Crippen molar-refractivity contribution in [2.45, 2.75) is 38.9 Å². The minimum atomic E-state index is -0.821. The van der Waals surface area contributed by atoms with Crippen molar-refractivity contribution in [2.75, 3.05) is 17.3 Å². The molecule has 7 heteroatoms. The summed E-state index contributed by atoms with van der Waals surface area (Å²) in [6, 6.07) is -0.252. The number of nitrogens with zero attached hydrogens (tertiary/aromatic N) is 2. The highest BCUT2D eigenvalue weighted by Gasteiger charge is 2.15. The van der Waals surface area contributed by atoms with Crippen molar-refractivity contribution in [2.24, 2.45) is 0 Å². The Morgan fingerprint density at radius 2 is 2.05 bits per heavy atom. The molecule has 1 rings (SSSR count). The van der Waals surface area contributed by atoms with E-state index in [1.807, 2.05) is 20.1 Å². The molecule has 0 saturated carbocycles. The molecular weight excluding hydrogens is 276 g/mol. The zero-order chi connectivity index (χ0) is 15.0. The van der Waals surface area contributed by atoms with Crippen LogP contribution < -0.4 is 10.6 Å². The summed E-state index contributed by atoms with van der Waals surface area (Å²) in [4.78, 5) is 19.5. The molecule has 3 N–H and O–H groups in total. The maximum atomic E-state index is 11.1. The standard InChI is InChI=1S/C13H22N4O2S/c1-9(2)17-13-15-7-10(8-16-13)6-14-11(12(18)19)4-5-20-3/h7-9,11,14H,4-6H2,1-3H3,(H,18,19)(H,15,16,17)/t11-/m0/s1. The monoisotopic (exact) mass is 298 g/mol. The fourth-order valence-corrected chi connectivity index (χ4v) is 2.04. The van der Waals surface area contributed by atoms with Crippen LogP contribution in [0.1, 0.15) is 25.8 Å². The van der Waals surface area contributed by atoms with Gasteiger partial charge in [-0.15, -0.1) is 0 Å². The van der Waals surface area contributed by atoms with E-state index in [0.717, 1.165) is 11.3 Å². The summed E-state index contributed by atoms with van der Waals surface area (Å²) in [5, 5.41) is 15.2. The molecule has 0 bridgehead atoms. The van der Waals surface area contributed by atoms with E-state index in [4.69, 9.17) is 5.11 Å². The first-order valence-electron chi connectivity index (χ1n) is 6.55. The van der Waals surface area contributed by atoms with Crippen LogP contribution in [0.4, 0.5) is 5.95 Å². The number of carbonyl (C=O) groups is 1. The highest BCUT2D eigenvalue weighted by atomic mass is 32.2. The lowest BCUT2D eigenvalue weighted by Gasteiger charge is -2.14. The maximum Gasteiger partial charge on any atom is 0.320 e. The Balaban J connectivity index is 2.48. The van der Waals surface area contributed by atoms with Crippen molar-refractivity contribution >= 4 is 23.7 Å². The molecule has 1 aromatic rings. The molecule has 20 heavy (non-hydrogen) atoms. The van der Waals surface area contributed by atoms with Gasteiger partial charge in [0.15, 0.2) is 0 Å². The third kappa shape index (κ3) is 6.21. The number of rotatable bonds is 9. The van der Waals surface area contributed by atoms with Gasteiger partial charge in [0.2, 0.25) is 5.95 Å². The molecule has 0 amide bonds. The van der Waals surface area contributed by atoms with Gasteiger partial charge in [0.05, 0.1) is 0 Å². The highest BCUT2D eigenvalue weighted by molar-refractivity contribution is 7.98. The van der Waals surface area contributed by atoms with Crippen LogP contribution in [-0.4, -0.2) is 45.1 Å². The van der Waals surface area contributed by atoms with Crippen molar-refractivity contribution in [3.05, 3.63) is 18.0 Å². The summed E-state index contributed by atoms with van der Waals surface area (Å²) in [6.07, 6.45) is 5.98. The van der Waals surface area contributed by atoms with Crippen LogP contribution in [-0.2, 0) is 11.3 Å². The van der Waals surface area contributed by atoms with Gasteiger partial charge < -0.3 is 15.7 Å². The predicted molar refractivity (Wildman–Crippen MR) is 82.1 cm³/mol. The Kier molecular flexibility index (Phi) is 7.32. The summed E-state index contributed by atoms with van der Waals surface area (Å²) in [6.45, 7) is 4.48. The molecule has 0 unspecified atom stereocenters. The third-order valence-corrected chi connectivity index (χ3v) is 3.23. The first kappa shape index (κ1) is 16.7. The molecule has 0 aliphatic heterocycles. The van der Waals surface area contributed by atoms with E-state index in [-0.39, 0.29) is 6.04 Å². The van der Waals surface area contributed by atoms with Crippen LogP contribution in [0.15, 0.2) is 12.4 Å². The number of aromatic nitrogens is 2. The summed E-state index contributed by atoms with van der Waals surface area (Å²) < 4.78 is 0. The zero-order valence-electron chi connectivity index (χ0n) is 12.1. The van der Waals surface area contributed by atoms with Gasteiger partial charge in [-0.2, -0.15) is 11.8 Å². The van der Waals surface area contributed by atoms with E-state index in [2.05, 4.69) is 20.6 Å². The Bertz CT molecular complexity index is 411. The summed E-state index contributed by atoms with van der Waals surface area (Å²) in [5.74, 6) is 0.580. The molecule has 1 atom stereocenters. The van der Waals surface area contributed by atoms with E-state index in [1.165, 1.54) is 0 Å². The Morgan fingerprint density at radius 3 is 2.55 bits per heavy atom. The van der Waals surface area contributed by atoms with Crippen LogP contribution in [0.25, 0.3) is 0 Å². The SMILES string of the molecule is CSCC[C@H](NCc1cnc(NC(C)C)nc1)C(=O)O. The number of aliphatic carboxylic acids is 1. The normalized spacial score (nSPS) is 12.4. The summed E-state index contributed by atoms with van der Waals surface area (Å²) in [5.41, 5.74) is 0.870. The second-order valence-electron chi connectivity index (χ2n) is 4.77.